The van der Waals surface area contributed by atoms with E-state index in [0.717, 1.165) is 17.7 Å². The molecule has 1 saturated heterocycles. The molecule has 1 aromatic carbocycles. The fraction of sp³-hybridized carbons (Fsp3) is 0.267. The molecular formula is C15H15N3O3S. The van der Waals surface area contributed by atoms with E-state index >= 15 is 0 Å². The molecular weight excluding hydrogens is 302 g/mol. The summed E-state index contributed by atoms with van der Waals surface area (Å²) in [6.07, 6.45) is 1.86. The van der Waals surface area contributed by atoms with Crippen molar-refractivity contribution in [3.05, 3.63) is 56.8 Å². The predicted molar refractivity (Wildman–Crippen MR) is 85.1 cm³/mol. The van der Waals surface area contributed by atoms with E-state index in [4.69, 9.17) is 0 Å². The Morgan fingerprint density at radius 2 is 2.14 bits per heavy atom. The van der Waals surface area contributed by atoms with E-state index in [-0.39, 0.29) is 23.4 Å². The molecule has 0 spiro atoms. The molecule has 0 saturated carbocycles. The van der Waals surface area contributed by atoms with Crippen molar-refractivity contribution in [3.8, 4) is 0 Å². The van der Waals surface area contributed by atoms with Crippen LogP contribution in [0.15, 0.2) is 41.8 Å². The third kappa shape index (κ3) is 2.80. The summed E-state index contributed by atoms with van der Waals surface area (Å²) >= 11 is 1.63. The van der Waals surface area contributed by atoms with Gasteiger partial charge in [0.05, 0.1) is 11.0 Å². The second kappa shape index (κ2) is 6.15. The fourth-order valence-electron chi connectivity index (χ4n) is 2.71. The molecule has 0 radical (unpaired) electrons. The summed E-state index contributed by atoms with van der Waals surface area (Å²) < 4.78 is 0. The van der Waals surface area contributed by atoms with E-state index in [9.17, 15) is 14.9 Å². The van der Waals surface area contributed by atoms with Crippen molar-refractivity contribution in [2.45, 2.75) is 18.9 Å². The second-order valence-electron chi connectivity index (χ2n) is 5.07. The van der Waals surface area contributed by atoms with E-state index in [1.165, 1.54) is 6.07 Å². The summed E-state index contributed by atoms with van der Waals surface area (Å²) in [7, 11) is 0. The van der Waals surface area contributed by atoms with E-state index < -0.39 is 4.92 Å². The van der Waals surface area contributed by atoms with Crippen molar-refractivity contribution in [1.82, 2.24) is 4.90 Å². The lowest BCUT2D eigenvalue weighted by Gasteiger charge is -2.24. The number of anilines is 1. The number of carbonyl (C=O) groups excluding carboxylic acids is 1. The van der Waals surface area contributed by atoms with E-state index in [1.807, 2.05) is 17.5 Å². The summed E-state index contributed by atoms with van der Waals surface area (Å²) in [5.74, 6) is 0. The van der Waals surface area contributed by atoms with Crippen LogP contribution >= 0.6 is 11.3 Å². The number of para-hydroxylation sites is 2. The van der Waals surface area contributed by atoms with Gasteiger partial charge < -0.3 is 10.2 Å². The Hall–Kier alpha value is -2.41. The van der Waals surface area contributed by atoms with Crippen molar-refractivity contribution in [3.63, 3.8) is 0 Å². The quantitative estimate of drug-likeness (QED) is 0.686. The monoisotopic (exact) mass is 317 g/mol. The molecule has 0 bridgehead atoms. The van der Waals surface area contributed by atoms with Gasteiger partial charge in [0.25, 0.3) is 5.69 Å². The number of likely N-dealkylation sites (tertiary alicyclic amines) is 1. The number of nitro benzene ring substituents is 1. The minimum absolute atomic E-state index is 0.0581. The number of rotatable bonds is 3. The molecule has 22 heavy (non-hydrogen) atoms. The maximum absolute atomic E-state index is 12.5. The minimum Gasteiger partial charge on any atom is -0.317 e. The van der Waals surface area contributed by atoms with Crippen molar-refractivity contribution in [1.29, 1.82) is 0 Å². The number of amides is 2. The zero-order valence-electron chi connectivity index (χ0n) is 11.8. The molecule has 1 aliphatic rings. The fourth-order valence-corrected chi connectivity index (χ4v) is 3.59. The summed E-state index contributed by atoms with van der Waals surface area (Å²) in [4.78, 5) is 25.9. The highest BCUT2D eigenvalue weighted by atomic mass is 32.1. The van der Waals surface area contributed by atoms with Crippen LogP contribution in [0.25, 0.3) is 0 Å². The Morgan fingerprint density at radius 1 is 1.32 bits per heavy atom. The number of carbonyl (C=O) groups is 1. The number of hydrogen-bond donors (Lipinski definition) is 1. The lowest BCUT2D eigenvalue weighted by atomic mass is 10.2. The number of benzene rings is 1. The summed E-state index contributed by atoms with van der Waals surface area (Å²) in [6.45, 7) is 0.662. The van der Waals surface area contributed by atoms with Gasteiger partial charge in [-0.05, 0) is 30.4 Å². The van der Waals surface area contributed by atoms with Gasteiger partial charge in [-0.3, -0.25) is 10.1 Å². The Kier molecular flexibility index (Phi) is 4.06. The molecule has 2 amide bonds. The van der Waals surface area contributed by atoms with Crippen LogP contribution in [0, 0.1) is 10.1 Å². The average molecular weight is 317 g/mol. The van der Waals surface area contributed by atoms with Crippen molar-refractivity contribution in [2.24, 2.45) is 0 Å². The molecule has 2 heterocycles. The first-order chi connectivity index (χ1) is 10.7. The standard InChI is InChI=1S/C15H15N3O3S/c19-15(16-11-5-1-2-6-12(11)18(20)21)17-9-3-7-13(17)14-8-4-10-22-14/h1-2,4-6,8,10,13H,3,7,9H2,(H,16,19). The summed E-state index contributed by atoms with van der Waals surface area (Å²) in [5.41, 5.74) is 0.136. The van der Waals surface area contributed by atoms with Crippen LogP contribution < -0.4 is 5.32 Å². The Bertz CT molecular complexity index is 687. The van der Waals surface area contributed by atoms with Crippen LogP contribution in [-0.2, 0) is 0 Å². The number of urea groups is 1. The zero-order chi connectivity index (χ0) is 15.5. The molecule has 6 nitrogen and oxygen atoms in total. The van der Waals surface area contributed by atoms with Gasteiger partial charge >= 0.3 is 6.03 Å². The van der Waals surface area contributed by atoms with Crippen LogP contribution in [0.3, 0.4) is 0 Å². The average Bonchev–Trinajstić information content (AvgIpc) is 3.18. The van der Waals surface area contributed by atoms with Gasteiger partial charge in [-0.25, -0.2) is 4.79 Å². The lowest BCUT2D eigenvalue weighted by molar-refractivity contribution is -0.383. The van der Waals surface area contributed by atoms with Crippen molar-refractivity contribution in [2.75, 3.05) is 11.9 Å². The molecule has 114 valence electrons. The second-order valence-corrected chi connectivity index (χ2v) is 6.05. The van der Waals surface area contributed by atoms with Crippen LogP contribution in [0.4, 0.5) is 16.2 Å². The predicted octanol–water partition coefficient (Wildman–Crippen LogP) is 4.03. The van der Waals surface area contributed by atoms with E-state index in [0.29, 0.717) is 6.54 Å². The van der Waals surface area contributed by atoms with Gasteiger partial charge in [-0.15, -0.1) is 11.3 Å². The van der Waals surface area contributed by atoms with Gasteiger partial charge in [-0.1, -0.05) is 18.2 Å². The highest BCUT2D eigenvalue weighted by Crippen LogP contribution is 2.35. The molecule has 1 aromatic heterocycles. The van der Waals surface area contributed by atoms with Gasteiger partial charge in [0.2, 0.25) is 0 Å². The highest BCUT2D eigenvalue weighted by Gasteiger charge is 2.31. The first kappa shape index (κ1) is 14.5. The van der Waals surface area contributed by atoms with E-state index in [2.05, 4.69) is 5.32 Å². The van der Waals surface area contributed by atoms with Crippen LogP contribution in [-0.4, -0.2) is 22.4 Å². The number of thiophene rings is 1. The molecule has 1 unspecified atom stereocenters. The molecule has 0 aliphatic carbocycles. The maximum atomic E-state index is 12.5. The smallest absolute Gasteiger partial charge is 0.317 e. The Morgan fingerprint density at radius 3 is 2.86 bits per heavy atom. The van der Waals surface area contributed by atoms with Crippen molar-refractivity contribution < 1.29 is 9.72 Å². The number of nitrogens with zero attached hydrogens (tertiary/aromatic N) is 2. The molecule has 1 fully saturated rings. The summed E-state index contributed by atoms with van der Waals surface area (Å²) in [5, 5.41) is 15.7. The van der Waals surface area contributed by atoms with Crippen LogP contribution in [0.5, 0.6) is 0 Å². The normalized spacial score (nSPS) is 17.5. The van der Waals surface area contributed by atoms with Gasteiger partial charge in [0.1, 0.15) is 5.69 Å². The SMILES string of the molecule is O=C(Nc1ccccc1[N+](=O)[O-])N1CCCC1c1cccs1. The molecule has 7 heteroatoms. The van der Waals surface area contributed by atoms with E-state index in [1.54, 1.807) is 34.4 Å². The molecule has 1 atom stereocenters. The minimum atomic E-state index is -0.490. The van der Waals surface area contributed by atoms with Gasteiger partial charge in [0, 0.05) is 17.5 Å². The molecule has 1 aliphatic heterocycles. The zero-order valence-corrected chi connectivity index (χ0v) is 12.6. The van der Waals surface area contributed by atoms with Crippen molar-refractivity contribution >= 4 is 28.7 Å². The first-order valence-corrected chi connectivity index (χ1v) is 7.89. The topological polar surface area (TPSA) is 75.5 Å². The van der Waals surface area contributed by atoms with Crippen LogP contribution in [0.1, 0.15) is 23.8 Å². The third-order valence-corrected chi connectivity index (χ3v) is 4.70. The third-order valence-electron chi connectivity index (χ3n) is 3.73. The number of hydrogen-bond acceptors (Lipinski definition) is 4. The molecule has 1 N–H and O–H groups in total. The highest BCUT2D eigenvalue weighted by molar-refractivity contribution is 7.10. The Balaban J connectivity index is 1.79. The largest absolute Gasteiger partial charge is 0.322 e. The maximum Gasteiger partial charge on any atom is 0.322 e. The van der Waals surface area contributed by atoms with Gasteiger partial charge in [0.15, 0.2) is 0 Å². The number of nitrogens with one attached hydrogen (secondary N) is 1. The van der Waals surface area contributed by atoms with Gasteiger partial charge in [-0.2, -0.15) is 0 Å². The number of nitro groups is 1. The molecule has 3 rings (SSSR count). The summed E-state index contributed by atoms with van der Waals surface area (Å²) in [6, 6.07) is 9.94. The lowest BCUT2D eigenvalue weighted by Crippen LogP contribution is -2.34. The van der Waals surface area contributed by atoms with Crippen LogP contribution in [0.2, 0.25) is 0 Å². The Labute approximate surface area is 131 Å². The first-order valence-electron chi connectivity index (χ1n) is 7.01. The molecule has 2 aromatic rings.